The van der Waals surface area contributed by atoms with Crippen LogP contribution in [-0.2, 0) is 29.0 Å². The molecule has 7 heteroatoms. The number of nitrogens with zero attached hydrogens (tertiary/aromatic N) is 1. The van der Waals surface area contributed by atoms with Gasteiger partial charge in [0.05, 0.1) is 0 Å². The molecule has 1 N–H and O–H groups in total. The molecule has 0 unspecified atom stereocenters. The minimum Gasteiger partial charge on any atom is -0.484 e. The number of rotatable bonds is 10. The first-order chi connectivity index (χ1) is 17.6. The Bertz CT molecular complexity index is 1190. The molecular weight excluding hydrogens is 507 g/mol. The van der Waals surface area contributed by atoms with Crippen LogP contribution in [0.5, 0.6) is 5.75 Å². The summed E-state index contributed by atoms with van der Waals surface area (Å²) in [6, 6.07) is 21.6. The van der Waals surface area contributed by atoms with E-state index in [0.29, 0.717) is 27.8 Å². The van der Waals surface area contributed by atoms with Gasteiger partial charge in [-0.05, 0) is 68.1 Å². The molecule has 0 aliphatic carbocycles. The third-order valence-corrected chi connectivity index (χ3v) is 6.41. The highest BCUT2D eigenvalue weighted by Crippen LogP contribution is 2.24. The van der Waals surface area contributed by atoms with Crippen molar-refractivity contribution in [1.82, 2.24) is 10.2 Å². The molecule has 2 amide bonds. The molecule has 196 valence electrons. The second-order valence-corrected chi connectivity index (χ2v) is 10.8. The number of aryl methyl sites for hydroxylation is 1. The van der Waals surface area contributed by atoms with E-state index < -0.39 is 11.6 Å². The average Bonchev–Trinajstić information content (AvgIpc) is 2.85. The smallest absolute Gasteiger partial charge is 0.261 e. The minimum absolute atomic E-state index is 0.127. The summed E-state index contributed by atoms with van der Waals surface area (Å²) in [6.45, 7) is 7.72. The Labute approximate surface area is 229 Å². The Morgan fingerprint density at radius 2 is 1.62 bits per heavy atom. The molecular formula is C30H34Cl2N2O3. The number of amides is 2. The molecule has 0 heterocycles. The van der Waals surface area contributed by atoms with E-state index in [9.17, 15) is 9.59 Å². The molecule has 0 fully saturated rings. The van der Waals surface area contributed by atoms with Gasteiger partial charge in [-0.15, -0.1) is 0 Å². The van der Waals surface area contributed by atoms with Crippen LogP contribution in [-0.4, -0.2) is 34.9 Å². The van der Waals surface area contributed by atoms with Crippen molar-refractivity contribution in [1.29, 1.82) is 0 Å². The van der Waals surface area contributed by atoms with Crippen molar-refractivity contribution in [2.45, 2.75) is 58.7 Å². The minimum atomic E-state index is -0.785. The Balaban J connectivity index is 1.94. The largest absolute Gasteiger partial charge is 0.484 e. The van der Waals surface area contributed by atoms with Crippen molar-refractivity contribution in [3.8, 4) is 5.75 Å². The Morgan fingerprint density at radius 3 is 2.22 bits per heavy atom. The number of nitrogens with one attached hydrogen (secondary N) is 1. The molecule has 0 saturated heterocycles. The van der Waals surface area contributed by atoms with Gasteiger partial charge < -0.3 is 15.0 Å². The highest BCUT2D eigenvalue weighted by atomic mass is 35.5. The summed E-state index contributed by atoms with van der Waals surface area (Å²) in [5.41, 5.74) is 2.33. The molecule has 3 aromatic carbocycles. The van der Waals surface area contributed by atoms with E-state index in [1.54, 1.807) is 23.1 Å². The van der Waals surface area contributed by atoms with Crippen molar-refractivity contribution in [3.63, 3.8) is 0 Å². The van der Waals surface area contributed by atoms with Gasteiger partial charge in [-0.1, -0.05) is 78.7 Å². The molecule has 3 rings (SSSR count). The molecule has 0 spiro atoms. The quantitative estimate of drug-likeness (QED) is 0.319. The average molecular weight is 542 g/mol. The summed E-state index contributed by atoms with van der Waals surface area (Å²) in [5.74, 6) is 0.0199. The highest BCUT2D eigenvalue weighted by molar-refractivity contribution is 6.35. The lowest BCUT2D eigenvalue weighted by molar-refractivity contribution is -0.143. The highest BCUT2D eigenvalue weighted by Gasteiger charge is 2.32. The van der Waals surface area contributed by atoms with Gasteiger partial charge >= 0.3 is 0 Å². The Morgan fingerprint density at radius 1 is 0.946 bits per heavy atom. The van der Waals surface area contributed by atoms with Crippen LogP contribution in [0.1, 0.15) is 44.4 Å². The van der Waals surface area contributed by atoms with Crippen LogP contribution >= 0.6 is 23.2 Å². The van der Waals surface area contributed by atoms with Crippen LogP contribution in [0.3, 0.4) is 0 Å². The first-order valence-corrected chi connectivity index (χ1v) is 13.1. The number of hydrogen-bond donors (Lipinski definition) is 1. The number of halogens is 2. The van der Waals surface area contributed by atoms with Gasteiger partial charge in [0.2, 0.25) is 5.91 Å². The van der Waals surface area contributed by atoms with E-state index in [2.05, 4.69) is 12.2 Å². The van der Waals surface area contributed by atoms with Gasteiger partial charge in [0.15, 0.2) is 6.61 Å². The maximum Gasteiger partial charge on any atom is 0.261 e. The summed E-state index contributed by atoms with van der Waals surface area (Å²) in [5, 5.41) is 3.97. The maximum absolute atomic E-state index is 13.7. The molecule has 0 bridgehead atoms. The van der Waals surface area contributed by atoms with Crippen molar-refractivity contribution in [2.75, 3.05) is 6.61 Å². The fourth-order valence-electron chi connectivity index (χ4n) is 3.89. The van der Waals surface area contributed by atoms with Crippen molar-refractivity contribution >= 4 is 35.0 Å². The number of carbonyl (C=O) groups excluding carboxylic acids is 2. The van der Waals surface area contributed by atoms with E-state index in [4.69, 9.17) is 27.9 Å². The summed E-state index contributed by atoms with van der Waals surface area (Å²) in [7, 11) is 0. The lowest BCUT2D eigenvalue weighted by Crippen LogP contribution is -2.55. The topological polar surface area (TPSA) is 58.6 Å². The van der Waals surface area contributed by atoms with Gasteiger partial charge in [-0.25, -0.2) is 0 Å². The molecule has 0 aliphatic rings. The lowest BCUT2D eigenvalue weighted by Gasteiger charge is -2.34. The summed E-state index contributed by atoms with van der Waals surface area (Å²) in [4.78, 5) is 28.8. The predicted molar refractivity (Wildman–Crippen MR) is 150 cm³/mol. The zero-order valence-corrected chi connectivity index (χ0v) is 23.3. The summed E-state index contributed by atoms with van der Waals surface area (Å²) in [6.07, 6.45) is 1.25. The van der Waals surface area contributed by atoms with E-state index in [0.717, 1.165) is 12.0 Å². The number of hydrogen-bond acceptors (Lipinski definition) is 3. The molecule has 0 aromatic heterocycles. The third kappa shape index (κ3) is 8.80. The van der Waals surface area contributed by atoms with Crippen LogP contribution in [0, 0.1) is 0 Å². The zero-order chi connectivity index (χ0) is 27.0. The van der Waals surface area contributed by atoms with Gasteiger partial charge in [-0.2, -0.15) is 0 Å². The summed E-state index contributed by atoms with van der Waals surface area (Å²) >= 11 is 12.6. The molecule has 37 heavy (non-hydrogen) atoms. The fourth-order valence-corrected chi connectivity index (χ4v) is 4.36. The fraction of sp³-hybridized carbons (Fsp3) is 0.333. The van der Waals surface area contributed by atoms with Crippen molar-refractivity contribution < 1.29 is 14.3 Å². The number of benzene rings is 3. The molecule has 0 aliphatic heterocycles. The van der Waals surface area contributed by atoms with Gasteiger partial charge in [0.1, 0.15) is 11.8 Å². The van der Waals surface area contributed by atoms with Crippen molar-refractivity contribution in [2.24, 2.45) is 0 Å². The number of ether oxygens (including phenoxy) is 1. The standard InChI is InChI=1S/C30H34Cl2N2O3/c1-5-21-11-15-25(16-12-21)37-20-28(35)34(19-23-13-14-24(31)18-26(23)32)27(29(36)33-30(2,3)4)17-22-9-7-6-8-10-22/h6-16,18,27H,5,17,19-20H2,1-4H3,(H,33,36)/t27-/m1/s1. The van der Waals surface area contributed by atoms with Gasteiger partial charge in [0, 0.05) is 28.5 Å². The monoisotopic (exact) mass is 540 g/mol. The van der Waals surface area contributed by atoms with Gasteiger partial charge in [-0.3, -0.25) is 9.59 Å². The molecule has 1 atom stereocenters. The van der Waals surface area contributed by atoms with Crippen LogP contribution < -0.4 is 10.1 Å². The van der Waals surface area contributed by atoms with Crippen LogP contribution in [0.15, 0.2) is 72.8 Å². The Hall–Kier alpha value is -3.02. The van der Waals surface area contributed by atoms with Crippen molar-refractivity contribution in [3.05, 3.63) is 99.5 Å². The zero-order valence-electron chi connectivity index (χ0n) is 21.8. The Kier molecular flexibility index (Phi) is 10.0. The number of carbonyl (C=O) groups is 2. The molecule has 5 nitrogen and oxygen atoms in total. The van der Waals surface area contributed by atoms with E-state index in [-0.39, 0.29) is 25.0 Å². The first kappa shape index (κ1) is 28.5. The first-order valence-electron chi connectivity index (χ1n) is 12.4. The predicted octanol–water partition coefficient (Wildman–Crippen LogP) is 6.49. The molecule has 0 saturated carbocycles. The van der Waals surface area contributed by atoms with E-state index in [1.165, 1.54) is 5.56 Å². The van der Waals surface area contributed by atoms with Crippen LogP contribution in [0.4, 0.5) is 0 Å². The van der Waals surface area contributed by atoms with Crippen LogP contribution in [0.2, 0.25) is 10.0 Å². The van der Waals surface area contributed by atoms with Crippen LogP contribution in [0.25, 0.3) is 0 Å². The lowest BCUT2D eigenvalue weighted by atomic mass is 10.0. The third-order valence-electron chi connectivity index (χ3n) is 5.82. The molecule has 0 radical (unpaired) electrons. The second-order valence-electron chi connectivity index (χ2n) is 9.99. The van der Waals surface area contributed by atoms with Gasteiger partial charge in [0.25, 0.3) is 5.91 Å². The second kappa shape index (κ2) is 13.0. The molecule has 3 aromatic rings. The SMILES string of the molecule is CCc1ccc(OCC(=O)N(Cc2ccc(Cl)cc2Cl)[C@H](Cc2ccccc2)C(=O)NC(C)(C)C)cc1. The van der Waals surface area contributed by atoms with E-state index in [1.807, 2.05) is 75.4 Å². The normalized spacial score (nSPS) is 12.1. The van der Waals surface area contributed by atoms with E-state index >= 15 is 0 Å². The maximum atomic E-state index is 13.7. The summed E-state index contributed by atoms with van der Waals surface area (Å²) < 4.78 is 5.84.